The summed E-state index contributed by atoms with van der Waals surface area (Å²) >= 11 is 12.0. The molecule has 1 aromatic heterocycles. The lowest BCUT2D eigenvalue weighted by atomic mass is 9.77. The molecular weight excluding hydrogens is 352 g/mol. The van der Waals surface area contributed by atoms with Gasteiger partial charge in [0.15, 0.2) is 11.5 Å². The molecule has 2 atom stereocenters. The number of aliphatic hydroxyl groups is 1. The van der Waals surface area contributed by atoms with Gasteiger partial charge in [0.05, 0.1) is 11.8 Å². The summed E-state index contributed by atoms with van der Waals surface area (Å²) in [6.07, 6.45) is 1.14. The van der Waals surface area contributed by atoms with Gasteiger partial charge in [0, 0.05) is 28.2 Å². The summed E-state index contributed by atoms with van der Waals surface area (Å²) in [6, 6.07) is 8.13. The number of ketones is 1. The van der Waals surface area contributed by atoms with Gasteiger partial charge >= 0.3 is 0 Å². The fourth-order valence-corrected chi connectivity index (χ4v) is 3.59. The molecule has 0 amide bonds. The smallest absolute Gasteiger partial charge is 0.195 e. The molecule has 126 valence electrons. The Kier molecular flexibility index (Phi) is 4.90. The number of hydrogen-bond acceptors (Lipinski definition) is 3. The molecule has 1 aromatic carbocycles. The highest BCUT2D eigenvalue weighted by Crippen LogP contribution is 2.43. The second kappa shape index (κ2) is 6.79. The molecule has 2 aromatic rings. The topological polar surface area (TPSA) is 50.2 Å². The Morgan fingerprint density at radius 3 is 2.92 bits per heavy atom. The number of fused-ring (bicyclic) bond motifs is 1. The number of pyridine rings is 1. The standard InChI is InChI=1S/C18H16Cl2FNO2/c19-12-5-3-11(14(20)10-12)4-6-16(24)18(21)8-7-15(23)17-13(18)2-1-9-22-17/h1-3,5,9-10,15,23H,4,6-8H2/t15-,18+/m1/s1. The van der Waals surface area contributed by atoms with Gasteiger partial charge < -0.3 is 5.11 Å². The molecule has 1 N–H and O–H groups in total. The number of alkyl halides is 1. The first-order valence-corrected chi connectivity index (χ1v) is 8.47. The molecule has 0 spiro atoms. The van der Waals surface area contributed by atoms with E-state index in [1.54, 1.807) is 24.3 Å². The number of aliphatic hydroxyl groups excluding tert-OH is 1. The fourth-order valence-electron chi connectivity index (χ4n) is 3.09. The van der Waals surface area contributed by atoms with Crippen LogP contribution in [0.15, 0.2) is 36.5 Å². The molecule has 3 rings (SSSR count). The Labute approximate surface area is 149 Å². The van der Waals surface area contributed by atoms with E-state index in [0.717, 1.165) is 5.56 Å². The molecule has 0 aliphatic heterocycles. The van der Waals surface area contributed by atoms with E-state index in [0.29, 0.717) is 16.5 Å². The van der Waals surface area contributed by atoms with Crippen LogP contribution in [0.25, 0.3) is 0 Å². The SMILES string of the molecule is O=C(CCc1ccc(Cl)cc1Cl)[C@]1(F)CC[C@@H](O)c2ncccc21. The summed E-state index contributed by atoms with van der Waals surface area (Å²) in [5.41, 5.74) is -0.929. The zero-order valence-electron chi connectivity index (χ0n) is 12.8. The third-order valence-corrected chi connectivity index (χ3v) is 5.01. The molecule has 3 nitrogen and oxygen atoms in total. The van der Waals surface area contributed by atoms with Gasteiger partial charge in [0.1, 0.15) is 0 Å². The predicted octanol–water partition coefficient (Wildman–Crippen LogP) is 4.58. The lowest BCUT2D eigenvalue weighted by Gasteiger charge is -2.32. The van der Waals surface area contributed by atoms with E-state index in [4.69, 9.17) is 23.2 Å². The molecule has 1 aliphatic carbocycles. The minimum absolute atomic E-state index is 0.0162. The molecule has 1 heterocycles. The third-order valence-electron chi connectivity index (χ3n) is 4.42. The van der Waals surface area contributed by atoms with E-state index in [2.05, 4.69) is 4.98 Å². The van der Waals surface area contributed by atoms with Gasteiger partial charge in [-0.3, -0.25) is 9.78 Å². The number of Topliss-reactive ketones (excluding diaryl/α,β-unsaturated/α-hetero) is 1. The van der Waals surface area contributed by atoms with Crippen molar-refractivity contribution in [1.29, 1.82) is 0 Å². The Balaban J connectivity index is 1.81. The molecule has 24 heavy (non-hydrogen) atoms. The maximum absolute atomic E-state index is 15.4. The average molecular weight is 368 g/mol. The highest BCUT2D eigenvalue weighted by Gasteiger charge is 2.45. The van der Waals surface area contributed by atoms with E-state index in [-0.39, 0.29) is 30.5 Å². The molecule has 0 saturated heterocycles. The van der Waals surface area contributed by atoms with E-state index in [9.17, 15) is 9.90 Å². The summed E-state index contributed by atoms with van der Waals surface area (Å²) in [7, 11) is 0. The number of carbonyl (C=O) groups is 1. The Morgan fingerprint density at radius 1 is 1.38 bits per heavy atom. The summed E-state index contributed by atoms with van der Waals surface area (Å²) in [4.78, 5) is 16.6. The normalized spacial score (nSPS) is 22.9. The monoisotopic (exact) mass is 367 g/mol. The van der Waals surface area contributed by atoms with Crippen LogP contribution >= 0.6 is 23.2 Å². The number of aromatic nitrogens is 1. The molecule has 0 unspecified atom stereocenters. The van der Waals surface area contributed by atoms with Crippen molar-refractivity contribution < 1.29 is 14.3 Å². The maximum atomic E-state index is 15.4. The molecule has 6 heteroatoms. The van der Waals surface area contributed by atoms with Gasteiger partial charge in [-0.1, -0.05) is 35.3 Å². The van der Waals surface area contributed by atoms with Gasteiger partial charge in [0.25, 0.3) is 0 Å². The third kappa shape index (κ3) is 3.18. The van der Waals surface area contributed by atoms with Crippen LogP contribution < -0.4 is 0 Å². The minimum atomic E-state index is -2.11. The molecule has 1 aliphatic rings. The molecule has 0 fully saturated rings. The van der Waals surface area contributed by atoms with Crippen molar-refractivity contribution in [2.75, 3.05) is 0 Å². The number of hydrogen-bond donors (Lipinski definition) is 1. The lowest BCUT2D eigenvalue weighted by molar-refractivity contribution is -0.133. The molecule has 0 bridgehead atoms. The van der Waals surface area contributed by atoms with Crippen LogP contribution in [0.3, 0.4) is 0 Å². The number of nitrogens with zero attached hydrogens (tertiary/aromatic N) is 1. The van der Waals surface area contributed by atoms with Crippen molar-refractivity contribution >= 4 is 29.0 Å². The van der Waals surface area contributed by atoms with Crippen molar-refractivity contribution in [2.45, 2.75) is 37.5 Å². The van der Waals surface area contributed by atoms with Crippen molar-refractivity contribution in [2.24, 2.45) is 0 Å². The summed E-state index contributed by atoms with van der Waals surface area (Å²) in [6.45, 7) is 0. The van der Waals surface area contributed by atoms with Gasteiger partial charge in [0.2, 0.25) is 0 Å². The van der Waals surface area contributed by atoms with Crippen molar-refractivity contribution in [3.63, 3.8) is 0 Å². The summed E-state index contributed by atoms with van der Waals surface area (Å²) in [5, 5.41) is 10.9. The molecule has 0 saturated carbocycles. The van der Waals surface area contributed by atoms with E-state index in [1.165, 1.54) is 12.3 Å². The van der Waals surface area contributed by atoms with Crippen molar-refractivity contribution in [3.8, 4) is 0 Å². The Bertz CT molecular complexity index is 783. The molecular formula is C18H16Cl2FNO2. The predicted molar refractivity (Wildman–Crippen MR) is 91.0 cm³/mol. The van der Waals surface area contributed by atoms with Gasteiger partial charge in [-0.15, -0.1) is 0 Å². The highest BCUT2D eigenvalue weighted by atomic mass is 35.5. The largest absolute Gasteiger partial charge is 0.387 e. The van der Waals surface area contributed by atoms with E-state index < -0.39 is 17.6 Å². The number of halogens is 3. The Hall–Kier alpha value is -1.49. The quantitative estimate of drug-likeness (QED) is 0.859. The number of carbonyl (C=O) groups excluding carboxylic acids is 1. The van der Waals surface area contributed by atoms with Crippen LogP contribution in [0.5, 0.6) is 0 Å². The van der Waals surface area contributed by atoms with Gasteiger partial charge in [-0.05, 0) is 43.0 Å². The Morgan fingerprint density at radius 2 is 2.17 bits per heavy atom. The van der Waals surface area contributed by atoms with E-state index in [1.807, 2.05) is 0 Å². The van der Waals surface area contributed by atoms with Gasteiger partial charge in [-0.2, -0.15) is 0 Å². The molecule has 0 radical (unpaired) electrons. The lowest BCUT2D eigenvalue weighted by Crippen LogP contribution is -2.36. The van der Waals surface area contributed by atoms with Crippen molar-refractivity contribution in [1.82, 2.24) is 4.98 Å². The van der Waals surface area contributed by atoms with Crippen LogP contribution in [-0.4, -0.2) is 15.9 Å². The van der Waals surface area contributed by atoms with Crippen LogP contribution in [0.2, 0.25) is 10.0 Å². The van der Waals surface area contributed by atoms with Gasteiger partial charge in [-0.25, -0.2) is 4.39 Å². The second-order valence-corrected chi connectivity index (χ2v) is 6.79. The number of rotatable bonds is 4. The minimum Gasteiger partial charge on any atom is -0.387 e. The van der Waals surface area contributed by atoms with Crippen LogP contribution in [0.1, 0.15) is 42.2 Å². The zero-order chi connectivity index (χ0) is 17.3. The highest BCUT2D eigenvalue weighted by molar-refractivity contribution is 6.35. The zero-order valence-corrected chi connectivity index (χ0v) is 14.3. The summed E-state index contributed by atoms with van der Waals surface area (Å²) in [5.74, 6) is -0.519. The van der Waals surface area contributed by atoms with Crippen LogP contribution in [0.4, 0.5) is 4.39 Å². The van der Waals surface area contributed by atoms with Crippen LogP contribution in [-0.2, 0) is 16.9 Å². The van der Waals surface area contributed by atoms with Crippen molar-refractivity contribution in [3.05, 3.63) is 63.4 Å². The number of benzene rings is 1. The summed E-state index contributed by atoms with van der Waals surface area (Å²) < 4.78 is 15.4. The first-order chi connectivity index (χ1) is 11.4. The number of aryl methyl sites for hydroxylation is 1. The maximum Gasteiger partial charge on any atom is 0.195 e. The van der Waals surface area contributed by atoms with E-state index >= 15 is 4.39 Å². The second-order valence-electron chi connectivity index (χ2n) is 5.95. The first kappa shape index (κ1) is 17.3. The fraction of sp³-hybridized carbons (Fsp3) is 0.333. The first-order valence-electron chi connectivity index (χ1n) is 7.71. The average Bonchev–Trinajstić information content (AvgIpc) is 2.57. The van der Waals surface area contributed by atoms with Crippen LogP contribution in [0, 0.1) is 0 Å².